The van der Waals surface area contributed by atoms with Gasteiger partial charge < -0.3 is 4.98 Å². The zero-order chi connectivity index (χ0) is 18.5. The Morgan fingerprint density at radius 1 is 1.27 bits per heavy atom. The van der Waals surface area contributed by atoms with E-state index in [9.17, 15) is 13.2 Å². The quantitative estimate of drug-likeness (QED) is 0.513. The van der Waals surface area contributed by atoms with Crippen LogP contribution in [0.15, 0.2) is 42.6 Å². The van der Waals surface area contributed by atoms with E-state index < -0.39 is 17.8 Å². The van der Waals surface area contributed by atoms with Gasteiger partial charge in [-0.1, -0.05) is 23.7 Å². The highest BCUT2D eigenvalue weighted by Crippen LogP contribution is 2.58. The van der Waals surface area contributed by atoms with Crippen LogP contribution in [0.3, 0.4) is 0 Å². The second-order valence-corrected chi connectivity index (χ2v) is 8.07. The van der Waals surface area contributed by atoms with Crippen molar-refractivity contribution in [3.05, 3.63) is 70.1 Å². The van der Waals surface area contributed by atoms with Gasteiger partial charge in [-0.2, -0.15) is 11.8 Å². The third-order valence-electron chi connectivity index (χ3n) is 5.01. The molecule has 2 unspecified atom stereocenters. The van der Waals surface area contributed by atoms with Crippen molar-refractivity contribution in [3.8, 4) is 0 Å². The van der Waals surface area contributed by atoms with E-state index in [0.29, 0.717) is 21.7 Å². The average molecular weight is 396 g/mol. The van der Waals surface area contributed by atoms with Crippen LogP contribution < -0.4 is 0 Å². The van der Waals surface area contributed by atoms with E-state index in [1.165, 1.54) is 12.1 Å². The molecule has 1 heterocycles. The van der Waals surface area contributed by atoms with Crippen molar-refractivity contribution < 1.29 is 13.2 Å². The molecule has 2 aromatic carbocycles. The number of hydrogen-bond donors (Lipinski definition) is 1. The van der Waals surface area contributed by atoms with E-state index >= 15 is 0 Å². The van der Waals surface area contributed by atoms with E-state index in [2.05, 4.69) is 4.98 Å². The van der Waals surface area contributed by atoms with Gasteiger partial charge in [-0.05, 0) is 47.2 Å². The Kier molecular flexibility index (Phi) is 4.48. The molecule has 1 nitrogen and oxygen atoms in total. The third kappa shape index (κ3) is 3.12. The zero-order valence-corrected chi connectivity index (χ0v) is 15.6. The molecule has 1 fully saturated rings. The van der Waals surface area contributed by atoms with Crippen LogP contribution in [-0.2, 0) is 5.75 Å². The topological polar surface area (TPSA) is 15.8 Å². The Morgan fingerprint density at radius 2 is 1.96 bits per heavy atom. The van der Waals surface area contributed by atoms with E-state index in [0.717, 1.165) is 16.6 Å². The molecular weight excluding hydrogens is 379 g/mol. The second kappa shape index (κ2) is 6.54. The summed E-state index contributed by atoms with van der Waals surface area (Å²) in [4.78, 5) is 3.19. The molecule has 6 heteroatoms. The lowest BCUT2D eigenvalue weighted by Crippen LogP contribution is -2.08. The summed E-state index contributed by atoms with van der Waals surface area (Å²) < 4.78 is 42.1. The highest BCUT2D eigenvalue weighted by Gasteiger charge is 2.61. The summed E-state index contributed by atoms with van der Waals surface area (Å²) in [5.41, 5.74) is 3.15. The number of fused-ring (bicyclic) bond motifs is 1. The monoisotopic (exact) mass is 395 g/mol. The molecule has 4 rings (SSSR count). The Bertz CT molecular complexity index is 952. The molecule has 1 aliphatic carbocycles. The van der Waals surface area contributed by atoms with Gasteiger partial charge in [-0.15, -0.1) is 0 Å². The lowest BCUT2D eigenvalue weighted by molar-refractivity contribution is 0.0955. The molecular formula is C20H17ClF3NS. The molecule has 0 saturated heterocycles. The first-order valence-electron chi connectivity index (χ1n) is 8.32. The number of thioether (sulfide) groups is 1. The van der Waals surface area contributed by atoms with Crippen LogP contribution >= 0.6 is 23.4 Å². The summed E-state index contributed by atoms with van der Waals surface area (Å²) in [7, 11) is 0. The Hall–Kier alpha value is -1.59. The normalized spacial score (nSPS) is 19.7. The number of aromatic amines is 1. The minimum absolute atomic E-state index is 0.153. The number of aromatic nitrogens is 1. The van der Waals surface area contributed by atoms with E-state index in [4.69, 9.17) is 11.6 Å². The van der Waals surface area contributed by atoms with Crippen molar-refractivity contribution in [1.29, 1.82) is 0 Å². The molecule has 0 amide bonds. The molecule has 1 N–H and O–H groups in total. The summed E-state index contributed by atoms with van der Waals surface area (Å²) in [6.07, 6.45) is 3.55. The van der Waals surface area contributed by atoms with Crippen molar-refractivity contribution >= 4 is 34.3 Å². The molecule has 0 aliphatic heterocycles. The third-order valence-corrected chi connectivity index (χ3v) is 5.86. The van der Waals surface area contributed by atoms with Gasteiger partial charge in [-0.3, -0.25) is 0 Å². The van der Waals surface area contributed by atoms with Gasteiger partial charge in [0.15, 0.2) is 0 Å². The molecule has 3 aromatic rings. The lowest BCUT2D eigenvalue weighted by atomic mass is 9.86. The van der Waals surface area contributed by atoms with Gasteiger partial charge in [0.05, 0.1) is 0 Å². The van der Waals surface area contributed by atoms with Crippen LogP contribution in [0.1, 0.15) is 29.0 Å². The number of alkyl halides is 2. The number of nitrogens with one attached hydrogen (secondary N) is 1. The molecule has 2 atom stereocenters. The average Bonchev–Trinajstić information content (AvgIpc) is 3.00. The minimum atomic E-state index is -2.69. The molecule has 1 aromatic heterocycles. The number of rotatable bonds is 5. The van der Waals surface area contributed by atoms with Gasteiger partial charge in [0.25, 0.3) is 5.92 Å². The van der Waals surface area contributed by atoms with E-state index in [-0.39, 0.29) is 12.2 Å². The fraction of sp³-hybridized carbons (Fsp3) is 0.300. The fourth-order valence-corrected chi connectivity index (χ4v) is 4.38. The fourth-order valence-electron chi connectivity index (χ4n) is 3.71. The maximum atomic E-state index is 14.2. The van der Waals surface area contributed by atoms with Gasteiger partial charge in [-0.25, -0.2) is 13.2 Å². The van der Waals surface area contributed by atoms with Gasteiger partial charge in [0, 0.05) is 46.1 Å². The summed E-state index contributed by atoms with van der Waals surface area (Å²) in [6, 6.07) is 9.92. The molecule has 0 radical (unpaired) electrons. The summed E-state index contributed by atoms with van der Waals surface area (Å²) in [6.45, 7) is 0. The Morgan fingerprint density at radius 3 is 2.58 bits per heavy atom. The molecule has 1 aliphatic rings. The van der Waals surface area contributed by atoms with Gasteiger partial charge in [0.2, 0.25) is 0 Å². The van der Waals surface area contributed by atoms with Gasteiger partial charge >= 0.3 is 0 Å². The first kappa shape index (κ1) is 17.8. The number of hydrogen-bond acceptors (Lipinski definition) is 1. The number of halogens is 4. The van der Waals surface area contributed by atoms with Gasteiger partial charge in [0.1, 0.15) is 5.82 Å². The molecule has 1 saturated carbocycles. The largest absolute Gasteiger partial charge is 0.361 e. The van der Waals surface area contributed by atoms with Crippen LogP contribution in [-0.4, -0.2) is 17.2 Å². The Balaban J connectivity index is 1.87. The van der Waals surface area contributed by atoms with Crippen LogP contribution in [0, 0.1) is 11.7 Å². The SMILES string of the molecule is CSCc1cc(F)cc2c(C(c3ccc(Cl)cc3)C3CC3(F)F)c[nH]c12. The number of benzene rings is 2. The smallest absolute Gasteiger partial charge is 0.252 e. The first-order valence-corrected chi connectivity index (χ1v) is 10.1. The van der Waals surface area contributed by atoms with Crippen LogP contribution in [0.25, 0.3) is 10.9 Å². The predicted molar refractivity (Wildman–Crippen MR) is 102 cm³/mol. The number of H-pyrrole nitrogens is 1. The first-order chi connectivity index (χ1) is 12.4. The van der Waals surface area contributed by atoms with Crippen LogP contribution in [0.5, 0.6) is 0 Å². The Labute approximate surface area is 158 Å². The second-order valence-electron chi connectivity index (χ2n) is 6.77. The van der Waals surface area contributed by atoms with Crippen molar-refractivity contribution in [3.63, 3.8) is 0 Å². The molecule has 26 heavy (non-hydrogen) atoms. The van der Waals surface area contributed by atoms with E-state index in [1.54, 1.807) is 42.2 Å². The minimum Gasteiger partial charge on any atom is -0.361 e. The van der Waals surface area contributed by atoms with Crippen molar-refractivity contribution in [2.24, 2.45) is 5.92 Å². The highest BCUT2D eigenvalue weighted by molar-refractivity contribution is 7.97. The predicted octanol–water partition coefficient (Wildman–Crippen LogP) is 6.61. The van der Waals surface area contributed by atoms with Crippen LogP contribution in [0.2, 0.25) is 5.02 Å². The molecule has 0 bridgehead atoms. The molecule has 0 spiro atoms. The van der Waals surface area contributed by atoms with Crippen molar-refractivity contribution in [2.45, 2.75) is 24.0 Å². The zero-order valence-electron chi connectivity index (χ0n) is 14.0. The standard InChI is InChI=1S/C20H17ClF3NS/c1-26-10-12-6-14(22)7-15-16(9-25-19(12)15)18(17-8-20(17,23)24)11-2-4-13(21)5-3-11/h2-7,9,17-18,25H,8,10H2,1H3. The van der Waals surface area contributed by atoms with Crippen LogP contribution in [0.4, 0.5) is 13.2 Å². The highest BCUT2D eigenvalue weighted by atomic mass is 35.5. The maximum absolute atomic E-state index is 14.2. The summed E-state index contributed by atoms with van der Waals surface area (Å²) >= 11 is 7.55. The van der Waals surface area contributed by atoms with Crippen molar-refractivity contribution in [1.82, 2.24) is 4.98 Å². The summed E-state index contributed by atoms with van der Waals surface area (Å²) in [5.74, 6) is -3.67. The lowest BCUT2D eigenvalue weighted by Gasteiger charge is -2.17. The van der Waals surface area contributed by atoms with Crippen molar-refractivity contribution in [2.75, 3.05) is 6.26 Å². The van der Waals surface area contributed by atoms with E-state index in [1.807, 2.05) is 6.26 Å². The maximum Gasteiger partial charge on any atom is 0.252 e. The molecule has 136 valence electrons. The summed E-state index contributed by atoms with van der Waals surface area (Å²) in [5, 5.41) is 1.24.